The summed E-state index contributed by atoms with van der Waals surface area (Å²) in [5, 5.41) is 3.28. The van der Waals surface area contributed by atoms with Crippen LogP contribution in [-0.2, 0) is 0 Å². The van der Waals surface area contributed by atoms with E-state index in [1.165, 1.54) is 0 Å². The van der Waals surface area contributed by atoms with E-state index in [9.17, 15) is 9.59 Å². The SMILES string of the molecule is CCCCOc1ccc(C(C)NC(=O)n2sc3ncccc3c2=O)cc1OC. The van der Waals surface area contributed by atoms with Gasteiger partial charge in [0.25, 0.3) is 5.56 Å². The lowest BCUT2D eigenvalue weighted by Crippen LogP contribution is -2.34. The zero-order valence-corrected chi connectivity index (χ0v) is 16.9. The molecule has 1 atom stereocenters. The Morgan fingerprint density at radius 3 is 2.86 bits per heavy atom. The number of methoxy groups -OCH3 is 1. The molecular weight excluding hydrogens is 378 g/mol. The Bertz CT molecular complexity index is 1030. The Morgan fingerprint density at radius 1 is 1.32 bits per heavy atom. The summed E-state index contributed by atoms with van der Waals surface area (Å²) in [4.78, 5) is 29.7. The van der Waals surface area contributed by atoms with Crippen LogP contribution in [0.3, 0.4) is 0 Å². The largest absolute Gasteiger partial charge is 0.493 e. The molecule has 0 aliphatic carbocycles. The zero-order chi connectivity index (χ0) is 20.1. The molecule has 1 unspecified atom stereocenters. The number of pyridine rings is 1. The second kappa shape index (κ2) is 8.88. The van der Waals surface area contributed by atoms with Gasteiger partial charge < -0.3 is 14.8 Å². The molecule has 0 radical (unpaired) electrons. The molecule has 0 saturated carbocycles. The summed E-state index contributed by atoms with van der Waals surface area (Å²) in [6.07, 6.45) is 3.62. The molecule has 2 aromatic heterocycles. The third kappa shape index (κ3) is 4.17. The fourth-order valence-electron chi connectivity index (χ4n) is 2.72. The van der Waals surface area contributed by atoms with Crippen LogP contribution >= 0.6 is 11.5 Å². The quantitative estimate of drug-likeness (QED) is 0.606. The second-order valence-corrected chi connectivity index (χ2v) is 7.26. The van der Waals surface area contributed by atoms with E-state index in [4.69, 9.17) is 9.47 Å². The highest BCUT2D eigenvalue weighted by Crippen LogP contribution is 2.30. The lowest BCUT2D eigenvalue weighted by molar-refractivity contribution is 0.241. The average molecular weight is 401 g/mol. The van der Waals surface area contributed by atoms with Crippen LogP contribution in [0.1, 0.15) is 38.3 Å². The van der Waals surface area contributed by atoms with Gasteiger partial charge in [-0.05, 0) is 54.7 Å². The Kier molecular flexibility index (Phi) is 6.30. The molecule has 1 aromatic carbocycles. The minimum atomic E-state index is -0.484. The van der Waals surface area contributed by atoms with E-state index in [1.54, 1.807) is 25.4 Å². The predicted octanol–water partition coefficient (Wildman–Crippen LogP) is 3.96. The van der Waals surface area contributed by atoms with Crippen molar-refractivity contribution in [3.63, 3.8) is 0 Å². The minimum Gasteiger partial charge on any atom is -0.493 e. The number of carbonyl (C=O) groups excluding carboxylic acids is 1. The third-order valence-electron chi connectivity index (χ3n) is 4.33. The number of carbonyl (C=O) groups is 1. The van der Waals surface area contributed by atoms with Crippen LogP contribution < -0.4 is 20.3 Å². The molecule has 1 amide bonds. The Balaban J connectivity index is 1.76. The maximum Gasteiger partial charge on any atom is 0.338 e. The van der Waals surface area contributed by atoms with Gasteiger partial charge in [-0.3, -0.25) is 4.79 Å². The molecule has 28 heavy (non-hydrogen) atoms. The topological polar surface area (TPSA) is 82.5 Å². The third-order valence-corrected chi connectivity index (χ3v) is 5.34. The van der Waals surface area contributed by atoms with Crippen LogP contribution in [0.5, 0.6) is 11.5 Å². The van der Waals surface area contributed by atoms with E-state index in [-0.39, 0.29) is 11.6 Å². The average Bonchev–Trinajstić information content (AvgIpc) is 3.05. The van der Waals surface area contributed by atoms with Gasteiger partial charge in [-0.1, -0.05) is 19.4 Å². The van der Waals surface area contributed by atoms with Crippen molar-refractivity contribution in [2.24, 2.45) is 0 Å². The highest BCUT2D eigenvalue weighted by molar-refractivity contribution is 7.14. The summed E-state index contributed by atoms with van der Waals surface area (Å²) in [6.45, 7) is 4.58. The van der Waals surface area contributed by atoms with E-state index in [0.717, 1.165) is 33.9 Å². The molecule has 3 rings (SSSR count). The lowest BCUT2D eigenvalue weighted by atomic mass is 10.1. The first-order chi connectivity index (χ1) is 13.5. The van der Waals surface area contributed by atoms with Crippen molar-refractivity contribution in [1.29, 1.82) is 0 Å². The molecule has 7 nitrogen and oxygen atoms in total. The molecule has 148 valence electrons. The van der Waals surface area contributed by atoms with Crippen molar-refractivity contribution in [2.45, 2.75) is 32.7 Å². The van der Waals surface area contributed by atoms with E-state index < -0.39 is 6.03 Å². The molecule has 0 aliphatic heterocycles. The van der Waals surface area contributed by atoms with Gasteiger partial charge in [0.05, 0.1) is 25.1 Å². The number of hydrogen-bond donors (Lipinski definition) is 1. The number of nitrogens with zero attached hydrogens (tertiary/aromatic N) is 2. The number of nitrogens with one attached hydrogen (secondary N) is 1. The number of fused-ring (bicyclic) bond motifs is 1. The van der Waals surface area contributed by atoms with Gasteiger partial charge in [-0.2, -0.15) is 3.96 Å². The van der Waals surface area contributed by atoms with Crippen molar-refractivity contribution in [1.82, 2.24) is 14.3 Å². The van der Waals surface area contributed by atoms with E-state index in [1.807, 2.05) is 25.1 Å². The first-order valence-corrected chi connectivity index (χ1v) is 9.91. The Hall–Kier alpha value is -2.87. The van der Waals surface area contributed by atoms with Crippen molar-refractivity contribution < 1.29 is 14.3 Å². The Morgan fingerprint density at radius 2 is 2.14 bits per heavy atom. The molecule has 1 N–H and O–H groups in total. The number of benzene rings is 1. The number of rotatable bonds is 7. The molecule has 0 fully saturated rings. The van der Waals surface area contributed by atoms with Gasteiger partial charge in [-0.25, -0.2) is 9.78 Å². The van der Waals surface area contributed by atoms with Gasteiger partial charge in [0, 0.05) is 6.20 Å². The standard InChI is InChI=1S/C20H23N3O4S/c1-4-5-11-27-16-9-8-14(12-17(16)26-3)13(2)22-20(25)23-19(24)15-7-6-10-21-18(15)28-23/h6-10,12-13H,4-5,11H2,1-3H3,(H,22,25). The van der Waals surface area contributed by atoms with Crippen LogP contribution in [0.2, 0.25) is 0 Å². The number of aromatic nitrogens is 2. The normalized spacial score (nSPS) is 12.0. The van der Waals surface area contributed by atoms with E-state index in [2.05, 4.69) is 17.2 Å². The maximum absolute atomic E-state index is 12.6. The summed E-state index contributed by atoms with van der Waals surface area (Å²) in [6, 6.07) is 8.08. The van der Waals surface area contributed by atoms with Crippen molar-refractivity contribution >= 4 is 27.8 Å². The number of hydrogen-bond acceptors (Lipinski definition) is 6. The highest BCUT2D eigenvalue weighted by atomic mass is 32.1. The summed E-state index contributed by atoms with van der Waals surface area (Å²) in [5.74, 6) is 1.28. The molecule has 3 aromatic rings. The van der Waals surface area contributed by atoms with Gasteiger partial charge >= 0.3 is 6.03 Å². The van der Waals surface area contributed by atoms with Crippen molar-refractivity contribution in [3.05, 3.63) is 52.4 Å². The second-order valence-electron chi connectivity index (χ2n) is 6.33. The van der Waals surface area contributed by atoms with Crippen LogP contribution in [-0.4, -0.2) is 28.7 Å². The van der Waals surface area contributed by atoms with E-state index >= 15 is 0 Å². The van der Waals surface area contributed by atoms with E-state index in [0.29, 0.717) is 28.3 Å². The maximum atomic E-state index is 12.6. The summed E-state index contributed by atoms with van der Waals surface area (Å²) >= 11 is 1.03. The molecule has 0 saturated heterocycles. The fraction of sp³-hybridized carbons (Fsp3) is 0.350. The summed E-state index contributed by atoms with van der Waals surface area (Å²) < 4.78 is 12.2. The number of ether oxygens (including phenoxy) is 2. The Labute approximate surface area is 167 Å². The molecule has 0 bridgehead atoms. The monoisotopic (exact) mass is 401 g/mol. The molecule has 8 heteroatoms. The van der Waals surface area contributed by atoms with Gasteiger partial charge in [0.2, 0.25) is 0 Å². The van der Waals surface area contributed by atoms with Crippen LogP contribution in [0.25, 0.3) is 10.2 Å². The minimum absolute atomic E-state index is 0.323. The predicted molar refractivity (Wildman–Crippen MR) is 110 cm³/mol. The fourth-order valence-corrected chi connectivity index (χ4v) is 3.58. The van der Waals surface area contributed by atoms with Gasteiger partial charge in [-0.15, -0.1) is 0 Å². The lowest BCUT2D eigenvalue weighted by Gasteiger charge is -2.17. The van der Waals surface area contributed by atoms with Crippen LogP contribution in [0.4, 0.5) is 4.79 Å². The summed E-state index contributed by atoms with van der Waals surface area (Å²) in [7, 11) is 1.58. The molecule has 2 heterocycles. The smallest absolute Gasteiger partial charge is 0.338 e. The van der Waals surface area contributed by atoms with Gasteiger partial charge in [0.15, 0.2) is 11.5 Å². The molecule has 0 spiro atoms. The molecular formula is C20H23N3O4S. The molecule has 0 aliphatic rings. The first kappa shape index (κ1) is 19.9. The zero-order valence-electron chi connectivity index (χ0n) is 16.1. The number of amides is 1. The van der Waals surface area contributed by atoms with Crippen LogP contribution in [0.15, 0.2) is 41.3 Å². The van der Waals surface area contributed by atoms with Crippen molar-refractivity contribution in [3.8, 4) is 11.5 Å². The number of unbranched alkanes of at least 4 members (excludes halogenated alkanes) is 1. The van der Waals surface area contributed by atoms with Crippen molar-refractivity contribution in [2.75, 3.05) is 13.7 Å². The van der Waals surface area contributed by atoms with Crippen LogP contribution in [0, 0.1) is 0 Å². The summed E-state index contributed by atoms with van der Waals surface area (Å²) in [5.41, 5.74) is 0.482. The highest BCUT2D eigenvalue weighted by Gasteiger charge is 2.18. The first-order valence-electron chi connectivity index (χ1n) is 9.13. The van der Waals surface area contributed by atoms with Gasteiger partial charge in [0.1, 0.15) is 4.83 Å².